The van der Waals surface area contributed by atoms with Crippen molar-refractivity contribution in [1.82, 2.24) is 4.98 Å². The largest absolute Gasteiger partial charge is 0.332 e. The number of hydrogen-bond donors (Lipinski definition) is 2. The summed E-state index contributed by atoms with van der Waals surface area (Å²) in [5.41, 5.74) is 0.698. The summed E-state index contributed by atoms with van der Waals surface area (Å²) in [5, 5.41) is 7.89. The molecule has 0 radical (unpaired) electrons. The monoisotopic (exact) mass is 331 g/mol. The maximum Gasteiger partial charge on any atom is 0.176 e. The van der Waals surface area contributed by atoms with Crippen LogP contribution < -0.4 is 10.6 Å². The Bertz CT molecular complexity index is 581. The van der Waals surface area contributed by atoms with Crippen molar-refractivity contribution < 1.29 is 0 Å². The molecule has 2 rings (SSSR count). The average molecular weight is 333 g/mol. The molecule has 0 bridgehead atoms. The van der Waals surface area contributed by atoms with Crippen LogP contribution in [0.1, 0.15) is 0 Å². The van der Waals surface area contributed by atoms with Crippen LogP contribution in [0.5, 0.6) is 0 Å². The summed E-state index contributed by atoms with van der Waals surface area (Å²) in [6.45, 7) is 0. The summed E-state index contributed by atoms with van der Waals surface area (Å²) in [6.07, 6.45) is 1.53. The van der Waals surface area contributed by atoms with Gasteiger partial charge in [0.15, 0.2) is 5.11 Å². The van der Waals surface area contributed by atoms with Gasteiger partial charge in [-0.25, -0.2) is 4.98 Å². The lowest BCUT2D eigenvalue weighted by Gasteiger charge is -2.10. The normalized spacial score (nSPS) is 10.1. The molecule has 0 saturated heterocycles. The third-order valence-corrected chi connectivity index (χ3v) is 2.95. The maximum atomic E-state index is 5.90. The first kappa shape index (κ1) is 14.3. The maximum absolute atomic E-state index is 5.90. The number of nitrogens with one attached hydrogen (secondary N) is 2. The van der Waals surface area contributed by atoms with E-state index >= 15 is 0 Å². The molecule has 1 heterocycles. The van der Waals surface area contributed by atoms with E-state index in [9.17, 15) is 0 Å². The average Bonchev–Trinajstić information content (AvgIpc) is 2.30. The highest BCUT2D eigenvalue weighted by molar-refractivity contribution is 7.80. The van der Waals surface area contributed by atoms with E-state index in [0.717, 1.165) is 0 Å². The zero-order chi connectivity index (χ0) is 13.8. The summed E-state index contributed by atoms with van der Waals surface area (Å²) < 4.78 is 0. The highest BCUT2D eigenvalue weighted by Gasteiger charge is 2.02. The summed E-state index contributed by atoms with van der Waals surface area (Å²) in [7, 11) is 0. The Labute approximate surface area is 130 Å². The fraction of sp³-hybridized carbons (Fsp3) is 0. The van der Waals surface area contributed by atoms with Gasteiger partial charge in [0.05, 0.1) is 5.02 Å². The van der Waals surface area contributed by atoms with E-state index in [0.29, 0.717) is 31.7 Å². The lowest BCUT2D eigenvalue weighted by atomic mass is 10.3. The van der Waals surface area contributed by atoms with Crippen molar-refractivity contribution in [2.75, 3.05) is 10.6 Å². The van der Waals surface area contributed by atoms with Crippen LogP contribution in [0, 0.1) is 0 Å². The Kier molecular flexibility index (Phi) is 4.82. The number of hydrogen-bond acceptors (Lipinski definition) is 2. The molecule has 0 spiro atoms. The molecule has 0 amide bonds. The summed E-state index contributed by atoms with van der Waals surface area (Å²) in [6, 6.07) is 8.52. The van der Waals surface area contributed by atoms with Gasteiger partial charge in [0.25, 0.3) is 0 Å². The summed E-state index contributed by atoms with van der Waals surface area (Å²) in [4.78, 5) is 4.07. The minimum Gasteiger partial charge on any atom is -0.332 e. The molecule has 19 heavy (non-hydrogen) atoms. The zero-order valence-corrected chi connectivity index (χ0v) is 12.5. The highest BCUT2D eigenvalue weighted by atomic mass is 35.5. The Morgan fingerprint density at radius 1 is 0.947 bits per heavy atom. The zero-order valence-electron chi connectivity index (χ0n) is 9.45. The number of nitrogens with zero attached hydrogens (tertiary/aromatic N) is 1. The van der Waals surface area contributed by atoms with Gasteiger partial charge in [-0.2, -0.15) is 0 Å². The van der Waals surface area contributed by atoms with Crippen LogP contribution in [0.3, 0.4) is 0 Å². The molecule has 7 heteroatoms. The van der Waals surface area contributed by atoms with Crippen molar-refractivity contribution in [2.45, 2.75) is 0 Å². The van der Waals surface area contributed by atoms with E-state index < -0.39 is 0 Å². The van der Waals surface area contributed by atoms with E-state index in [-0.39, 0.29) is 0 Å². The third kappa shape index (κ3) is 4.51. The Hall–Kier alpha value is -1.07. The van der Waals surface area contributed by atoms with E-state index in [1.54, 1.807) is 30.3 Å². The van der Waals surface area contributed by atoms with Crippen molar-refractivity contribution in [1.29, 1.82) is 0 Å². The fourth-order valence-corrected chi connectivity index (χ4v) is 2.21. The van der Waals surface area contributed by atoms with Crippen molar-refractivity contribution in [3.05, 3.63) is 51.6 Å². The van der Waals surface area contributed by atoms with Gasteiger partial charge in [-0.05, 0) is 42.5 Å². The van der Waals surface area contributed by atoms with E-state index in [1.807, 2.05) is 0 Å². The number of thiocarbonyl (C=S) groups is 1. The predicted octanol–water partition coefficient (Wildman–Crippen LogP) is 4.85. The number of rotatable bonds is 2. The molecule has 0 saturated carbocycles. The number of pyridine rings is 1. The highest BCUT2D eigenvalue weighted by Crippen LogP contribution is 2.22. The first-order chi connectivity index (χ1) is 9.02. The van der Waals surface area contributed by atoms with Gasteiger partial charge in [-0.3, -0.25) is 0 Å². The Balaban J connectivity index is 2.03. The molecule has 0 aliphatic carbocycles. The van der Waals surface area contributed by atoms with Gasteiger partial charge in [0.2, 0.25) is 0 Å². The molecule has 0 aliphatic rings. The summed E-state index contributed by atoms with van der Waals surface area (Å²) in [5.74, 6) is 0.593. The van der Waals surface area contributed by atoms with Crippen LogP contribution >= 0.6 is 47.0 Å². The fourth-order valence-electron chi connectivity index (χ4n) is 1.35. The van der Waals surface area contributed by atoms with Crippen LogP contribution in [0.25, 0.3) is 0 Å². The Morgan fingerprint density at radius 2 is 1.63 bits per heavy atom. The predicted molar refractivity (Wildman–Crippen MR) is 85.6 cm³/mol. The minimum atomic E-state index is 0.383. The van der Waals surface area contributed by atoms with Crippen molar-refractivity contribution >= 4 is 63.6 Å². The number of halogens is 3. The van der Waals surface area contributed by atoms with E-state index in [2.05, 4.69) is 15.6 Å². The Morgan fingerprint density at radius 3 is 2.21 bits per heavy atom. The van der Waals surface area contributed by atoms with Gasteiger partial charge < -0.3 is 10.6 Å². The molecule has 1 aromatic carbocycles. The van der Waals surface area contributed by atoms with Gasteiger partial charge >= 0.3 is 0 Å². The van der Waals surface area contributed by atoms with E-state index in [4.69, 9.17) is 47.0 Å². The molecule has 0 atom stereocenters. The third-order valence-electron chi connectivity index (χ3n) is 2.09. The second-order valence-corrected chi connectivity index (χ2v) is 5.32. The molecular weight excluding hydrogens is 325 g/mol. The smallest absolute Gasteiger partial charge is 0.176 e. The van der Waals surface area contributed by atoms with Crippen molar-refractivity contribution in [2.24, 2.45) is 0 Å². The lowest BCUT2D eigenvalue weighted by Crippen LogP contribution is -2.19. The first-order valence-electron chi connectivity index (χ1n) is 5.18. The first-order valence-corrected chi connectivity index (χ1v) is 6.73. The van der Waals surface area contributed by atoms with Gasteiger partial charge in [-0.1, -0.05) is 34.8 Å². The van der Waals surface area contributed by atoms with Crippen LogP contribution in [-0.2, 0) is 0 Å². The molecule has 3 nitrogen and oxygen atoms in total. The van der Waals surface area contributed by atoms with Crippen LogP contribution in [0.2, 0.25) is 15.1 Å². The molecule has 0 unspecified atom stereocenters. The lowest BCUT2D eigenvalue weighted by molar-refractivity contribution is 1.32. The van der Waals surface area contributed by atoms with Crippen molar-refractivity contribution in [3.8, 4) is 0 Å². The van der Waals surface area contributed by atoms with E-state index in [1.165, 1.54) is 6.20 Å². The molecular formula is C12H8Cl3N3S. The number of anilines is 2. The van der Waals surface area contributed by atoms with Crippen molar-refractivity contribution in [3.63, 3.8) is 0 Å². The van der Waals surface area contributed by atoms with Crippen LogP contribution in [0.4, 0.5) is 11.5 Å². The molecule has 98 valence electrons. The topological polar surface area (TPSA) is 37.0 Å². The standard InChI is InChI=1S/C12H8Cl3N3S/c13-7-1-2-11(16-6-7)18-12(19)17-10-4-8(14)3-9(15)5-10/h1-6H,(H2,16,17,18,19). The minimum absolute atomic E-state index is 0.383. The second kappa shape index (κ2) is 6.39. The summed E-state index contributed by atoms with van der Waals surface area (Å²) >= 11 is 22.7. The van der Waals surface area contributed by atoms with Gasteiger partial charge in [0.1, 0.15) is 5.82 Å². The quantitative estimate of drug-likeness (QED) is 0.771. The number of benzene rings is 1. The SMILES string of the molecule is S=C(Nc1cc(Cl)cc(Cl)c1)Nc1ccc(Cl)cn1. The molecule has 2 N–H and O–H groups in total. The second-order valence-electron chi connectivity index (χ2n) is 3.60. The molecule has 1 aromatic heterocycles. The van der Waals surface area contributed by atoms with Gasteiger partial charge in [0, 0.05) is 21.9 Å². The van der Waals surface area contributed by atoms with Crippen LogP contribution in [-0.4, -0.2) is 10.1 Å². The van der Waals surface area contributed by atoms with Gasteiger partial charge in [-0.15, -0.1) is 0 Å². The molecule has 0 aliphatic heterocycles. The number of aromatic nitrogens is 1. The molecule has 0 fully saturated rings. The van der Waals surface area contributed by atoms with Crippen LogP contribution in [0.15, 0.2) is 36.5 Å². The molecule has 2 aromatic rings.